The minimum absolute atomic E-state index is 0.187. The first-order valence-corrected chi connectivity index (χ1v) is 12.2. The van der Waals surface area contributed by atoms with Crippen LogP contribution in [0.3, 0.4) is 0 Å². The molecule has 0 aromatic heterocycles. The third-order valence-electron chi connectivity index (χ3n) is 4.87. The van der Waals surface area contributed by atoms with Crippen molar-refractivity contribution in [1.82, 2.24) is 10.2 Å². The van der Waals surface area contributed by atoms with E-state index in [0.29, 0.717) is 23.1 Å². The number of nitrogens with one attached hydrogen (secondary N) is 1. The molecule has 30 heavy (non-hydrogen) atoms. The maximum absolute atomic E-state index is 12.4. The maximum Gasteiger partial charge on any atom is 0.241 e. The van der Waals surface area contributed by atoms with Gasteiger partial charge in [-0.15, -0.1) is 0 Å². The van der Waals surface area contributed by atoms with Gasteiger partial charge < -0.3 is 10.2 Å². The lowest BCUT2D eigenvalue weighted by molar-refractivity contribution is -0.128. The van der Waals surface area contributed by atoms with Gasteiger partial charge in [-0.25, -0.2) is 8.42 Å². The number of carbonyl (C=O) groups excluding carboxylic acids is 2. The first-order chi connectivity index (χ1) is 14.2. The van der Waals surface area contributed by atoms with Gasteiger partial charge in [0.2, 0.25) is 21.8 Å². The Morgan fingerprint density at radius 2 is 1.80 bits per heavy atom. The second-order valence-electron chi connectivity index (χ2n) is 7.23. The molecule has 0 aliphatic carbocycles. The van der Waals surface area contributed by atoms with Crippen LogP contribution >= 0.6 is 15.9 Å². The van der Waals surface area contributed by atoms with Crippen molar-refractivity contribution >= 4 is 43.5 Å². The minimum atomic E-state index is -3.63. The van der Waals surface area contributed by atoms with E-state index in [-0.39, 0.29) is 19.0 Å². The largest absolute Gasteiger partial charge is 0.350 e. The highest BCUT2D eigenvalue weighted by Crippen LogP contribution is 2.27. The Bertz CT molecular complexity index is 1020. The number of hydrogen-bond donors (Lipinski definition) is 1. The third kappa shape index (κ3) is 5.82. The van der Waals surface area contributed by atoms with Crippen LogP contribution in [0.4, 0.5) is 5.69 Å². The highest BCUT2D eigenvalue weighted by atomic mass is 79.9. The van der Waals surface area contributed by atoms with Crippen LogP contribution in [0.5, 0.6) is 0 Å². The summed E-state index contributed by atoms with van der Waals surface area (Å²) < 4.78 is 26.1. The molecule has 0 radical (unpaired) electrons. The van der Waals surface area contributed by atoms with Crippen LogP contribution in [-0.2, 0) is 32.7 Å². The summed E-state index contributed by atoms with van der Waals surface area (Å²) >= 11 is 3.33. The zero-order valence-electron chi connectivity index (χ0n) is 16.7. The highest BCUT2D eigenvalue weighted by molar-refractivity contribution is 9.10. The van der Waals surface area contributed by atoms with Crippen LogP contribution in [0, 0.1) is 0 Å². The van der Waals surface area contributed by atoms with Crippen molar-refractivity contribution in [2.75, 3.05) is 23.7 Å². The topological polar surface area (TPSA) is 86.8 Å². The molecule has 0 saturated carbocycles. The summed E-state index contributed by atoms with van der Waals surface area (Å²) in [6, 6.07) is 14.5. The summed E-state index contributed by atoms with van der Waals surface area (Å²) in [7, 11) is -3.63. The zero-order chi connectivity index (χ0) is 21.7. The summed E-state index contributed by atoms with van der Waals surface area (Å²) in [5, 5.41) is 2.77. The number of hydrogen-bond acceptors (Lipinski definition) is 4. The van der Waals surface area contributed by atoms with Crippen LogP contribution in [0.1, 0.15) is 24.0 Å². The zero-order valence-corrected chi connectivity index (χ0v) is 19.1. The fraction of sp³-hybridized carbons (Fsp3) is 0.333. The number of sulfonamides is 1. The molecule has 0 bridgehead atoms. The molecule has 160 valence electrons. The number of carbonyl (C=O) groups is 2. The van der Waals surface area contributed by atoms with E-state index in [0.717, 1.165) is 34.7 Å². The molecule has 1 saturated heterocycles. The van der Waals surface area contributed by atoms with Crippen molar-refractivity contribution in [3.8, 4) is 0 Å². The molecule has 2 aromatic rings. The monoisotopic (exact) mass is 493 g/mol. The van der Waals surface area contributed by atoms with Gasteiger partial charge in [-0.3, -0.25) is 13.9 Å². The summed E-state index contributed by atoms with van der Waals surface area (Å²) in [5.74, 6) is -0.213. The number of benzene rings is 2. The molecule has 7 nitrogen and oxygen atoms in total. The molecule has 0 spiro atoms. The van der Waals surface area contributed by atoms with E-state index in [1.165, 1.54) is 0 Å². The van der Waals surface area contributed by atoms with Crippen LogP contribution in [0.15, 0.2) is 53.0 Å². The Morgan fingerprint density at radius 3 is 2.40 bits per heavy atom. The number of para-hydroxylation sites is 1. The number of likely N-dealkylation sites (tertiary alicyclic amines) is 1. The summed E-state index contributed by atoms with van der Waals surface area (Å²) in [4.78, 5) is 26.0. The van der Waals surface area contributed by atoms with Crippen molar-refractivity contribution in [1.29, 1.82) is 0 Å². The molecule has 2 aromatic carbocycles. The smallest absolute Gasteiger partial charge is 0.241 e. The van der Waals surface area contributed by atoms with E-state index in [2.05, 4.69) is 21.2 Å². The van der Waals surface area contributed by atoms with Gasteiger partial charge in [-0.05, 0) is 45.6 Å². The number of anilines is 1. The van der Waals surface area contributed by atoms with E-state index in [1.54, 1.807) is 24.3 Å². The summed E-state index contributed by atoms with van der Waals surface area (Å²) in [6.07, 6.45) is 2.60. The summed E-state index contributed by atoms with van der Waals surface area (Å²) in [5.41, 5.74) is 2.35. The van der Waals surface area contributed by atoms with Crippen molar-refractivity contribution in [2.24, 2.45) is 0 Å². The molecule has 1 aliphatic rings. The lowest BCUT2D eigenvalue weighted by Crippen LogP contribution is -2.40. The number of halogens is 1. The van der Waals surface area contributed by atoms with Gasteiger partial charge in [0.15, 0.2) is 0 Å². The second-order valence-corrected chi connectivity index (χ2v) is 9.99. The van der Waals surface area contributed by atoms with Gasteiger partial charge >= 0.3 is 0 Å². The Hall–Kier alpha value is -2.39. The Labute approximate surface area is 185 Å². The molecule has 2 amide bonds. The Balaban J connectivity index is 1.58. The minimum Gasteiger partial charge on any atom is -0.350 e. The first kappa shape index (κ1) is 22.3. The van der Waals surface area contributed by atoms with E-state index in [1.807, 2.05) is 29.2 Å². The SMILES string of the molecule is CS(=O)(=O)N(CC(=O)NCc1ccc(CN2CCCC2=O)cc1)c1ccccc1Br. The highest BCUT2D eigenvalue weighted by Gasteiger charge is 2.22. The van der Waals surface area contributed by atoms with Crippen LogP contribution in [0.25, 0.3) is 0 Å². The van der Waals surface area contributed by atoms with Gasteiger partial charge in [0.1, 0.15) is 6.54 Å². The maximum atomic E-state index is 12.4. The van der Waals surface area contributed by atoms with Gasteiger partial charge in [0.05, 0.1) is 11.9 Å². The predicted octanol–water partition coefficient (Wildman–Crippen LogP) is 2.65. The second kappa shape index (κ2) is 9.61. The van der Waals surface area contributed by atoms with Crippen LogP contribution in [-0.4, -0.2) is 44.5 Å². The lowest BCUT2D eigenvalue weighted by atomic mass is 10.1. The Kier molecular flexibility index (Phi) is 7.14. The van der Waals surface area contributed by atoms with Gasteiger partial charge in [-0.2, -0.15) is 0 Å². The average Bonchev–Trinajstić information content (AvgIpc) is 3.10. The summed E-state index contributed by atoms with van der Waals surface area (Å²) in [6.45, 7) is 1.37. The molecule has 1 heterocycles. The number of amides is 2. The van der Waals surface area contributed by atoms with Gasteiger partial charge in [-0.1, -0.05) is 36.4 Å². The molecule has 0 atom stereocenters. The van der Waals surface area contributed by atoms with E-state index in [9.17, 15) is 18.0 Å². The average molecular weight is 494 g/mol. The molecule has 1 fully saturated rings. The molecule has 1 aliphatic heterocycles. The fourth-order valence-electron chi connectivity index (χ4n) is 3.28. The lowest BCUT2D eigenvalue weighted by Gasteiger charge is -2.23. The van der Waals surface area contributed by atoms with E-state index in [4.69, 9.17) is 0 Å². The predicted molar refractivity (Wildman–Crippen MR) is 119 cm³/mol. The van der Waals surface area contributed by atoms with Crippen molar-refractivity contribution in [3.05, 3.63) is 64.1 Å². The van der Waals surface area contributed by atoms with Gasteiger partial charge in [0, 0.05) is 30.5 Å². The number of rotatable bonds is 8. The number of nitrogens with zero attached hydrogens (tertiary/aromatic N) is 2. The normalized spacial score (nSPS) is 14.1. The molecular weight excluding hydrogens is 470 g/mol. The third-order valence-corrected chi connectivity index (χ3v) is 6.66. The molecule has 3 rings (SSSR count). The molecule has 0 unspecified atom stereocenters. The van der Waals surface area contributed by atoms with Gasteiger partial charge in [0.25, 0.3) is 0 Å². The standard InChI is InChI=1S/C21H24BrN3O4S/c1-30(28,29)25(19-6-3-2-5-18(19)22)15-20(26)23-13-16-8-10-17(11-9-16)14-24-12-4-7-21(24)27/h2-3,5-6,8-11H,4,7,12-15H2,1H3,(H,23,26). The molecule has 9 heteroatoms. The first-order valence-electron chi connectivity index (χ1n) is 9.58. The van der Waals surface area contributed by atoms with Crippen LogP contribution < -0.4 is 9.62 Å². The van der Waals surface area contributed by atoms with Crippen LogP contribution in [0.2, 0.25) is 0 Å². The van der Waals surface area contributed by atoms with Crippen molar-refractivity contribution < 1.29 is 18.0 Å². The van der Waals surface area contributed by atoms with Crippen molar-refractivity contribution in [2.45, 2.75) is 25.9 Å². The van der Waals surface area contributed by atoms with E-state index >= 15 is 0 Å². The molecule has 1 N–H and O–H groups in total. The Morgan fingerprint density at radius 1 is 1.13 bits per heavy atom. The van der Waals surface area contributed by atoms with E-state index < -0.39 is 15.9 Å². The van der Waals surface area contributed by atoms with Crippen molar-refractivity contribution in [3.63, 3.8) is 0 Å². The fourth-order valence-corrected chi connectivity index (χ4v) is 4.76. The molecular formula is C21H24BrN3O4S. The quantitative estimate of drug-likeness (QED) is 0.612.